The summed E-state index contributed by atoms with van der Waals surface area (Å²) in [5.74, 6) is 0.987. The maximum atomic E-state index is 12.8. The highest BCUT2D eigenvalue weighted by Crippen LogP contribution is 2.29. The van der Waals surface area contributed by atoms with E-state index in [9.17, 15) is 4.79 Å². The molecule has 0 aliphatic carbocycles. The Labute approximate surface area is 123 Å². The first-order valence-corrected chi connectivity index (χ1v) is 7.45. The molecule has 0 bridgehead atoms. The molecule has 0 spiro atoms. The number of aryl methyl sites for hydroxylation is 1. The minimum absolute atomic E-state index is 0.0563. The lowest BCUT2D eigenvalue weighted by atomic mass is 10.0. The second-order valence-corrected chi connectivity index (χ2v) is 5.60. The Hall–Kier alpha value is -2.36. The summed E-state index contributed by atoms with van der Waals surface area (Å²) in [6, 6.07) is 10.1. The zero-order valence-corrected chi connectivity index (χ0v) is 11.8. The van der Waals surface area contributed by atoms with Crippen LogP contribution in [0.3, 0.4) is 0 Å². The molecule has 0 unspecified atom stereocenters. The number of para-hydroxylation sites is 1. The van der Waals surface area contributed by atoms with Crippen molar-refractivity contribution in [3.8, 4) is 0 Å². The van der Waals surface area contributed by atoms with Gasteiger partial charge in [-0.25, -0.2) is 4.98 Å². The number of rotatable bonds is 1. The molecule has 0 fully saturated rings. The van der Waals surface area contributed by atoms with Gasteiger partial charge in [-0.3, -0.25) is 4.79 Å². The summed E-state index contributed by atoms with van der Waals surface area (Å²) in [6.45, 7) is 1.72. The molecule has 1 N–H and O–H groups in total. The Bertz CT molecular complexity index is 711. The Morgan fingerprint density at radius 2 is 2.10 bits per heavy atom. The van der Waals surface area contributed by atoms with Crippen molar-refractivity contribution >= 4 is 17.4 Å². The molecule has 4 rings (SSSR count). The maximum Gasteiger partial charge on any atom is 0.259 e. The average molecular weight is 279 g/mol. The van der Waals surface area contributed by atoms with E-state index in [4.69, 9.17) is 0 Å². The van der Waals surface area contributed by atoms with Crippen molar-refractivity contribution in [3.63, 3.8) is 0 Å². The van der Waals surface area contributed by atoms with E-state index in [0.717, 1.165) is 49.4 Å². The van der Waals surface area contributed by atoms with Crippen molar-refractivity contribution in [2.24, 2.45) is 0 Å². The molecular weight excluding hydrogens is 262 g/mol. The molecule has 4 nitrogen and oxygen atoms in total. The van der Waals surface area contributed by atoms with Gasteiger partial charge in [0.1, 0.15) is 5.82 Å². The highest BCUT2D eigenvalue weighted by atomic mass is 16.2. The first kappa shape index (κ1) is 12.4. The topological polar surface area (TPSA) is 45.2 Å². The SMILES string of the molecule is O=C(c1cnc2c(c1)CCCN2)N1CCc2ccccc21. The molecule has 2 aromatic rings. The van der Waals surface area contributed by atoms with E-state index in [1.54, 1.807) is 6.20 Å². The molecule has 1 amide bonds. The van der Waals surface area contributed by atoms with Gasteiger partial charge >= 0.3 is 0 Å². The summed E-state index contributed by atoms with van der Waals surface area (Å²) >= 11 is 0. The lowest BCUT2D eigenvalue weighted by molar-refractivity contribution is 0.0989. The molecular formula is C17H17N3O. The monoisotopic (exact) mass is 279 g/mol. The van der Waals surface area contributed by atoms with E-state index < -0.39 is 0 Å². The first-order chi connectivity index (χ1) is 10.3. The number of aromatic nitrogens is 1. The van der Waals surface area contributed by atoms with Crippen LogP contribution in [0.5, 0.6) is 0 Å². The summed E-state index contributed by atoms with van der Waals surface area (Å²) in [6.07, 6.45) is 4.72. The predicted molar refractivity (Wildman–Crippen MR) is 82.9 cm³/mol. The zero-order valence-electron chi connectivity index (χ0n) is 11.8. The minimum atomic E-state index is 0.0563. The number of carbonyl (C=O) groups is 1. The number of anilines is 2. The van der Waals surface area contributed by atoms with Gasteiger partial charge in [0.05, 0.1) is 5.56 Å². The third-order valence-corrected chi connectivity index (χ3v) is 4.26. The van der Waals surface area contributed by atoms with Gasteiger partial charge in [0.15, 0.2) is 0 Å². The van der Waals surface area contributed by atoms with Gasteiger partial charge in [-0.15, -0.1) is 0 Å². The maximum absolute atomic E-state index is 12.8. The number of amides is 1. The third-order valence-electron chi connectivity index (χ3n) is 4.26. The van der Waals surface area contributed by atoms with Crippen LogP contribution in [-0.4, -0.2) is 24.0 Å². The molecule has 0 saturated heterocycles. The third kappa shape index (κ3) is 2.07. The number of hydrogen-bond donors (Lipinski definition) is 1. The average Bonchev–Trinajstić information content (AvgIpc) is 2.98. The van der Waals surface area contributed by atoms with E-state index in [1.807, 2.05) is 29.2 Å². The van der Waals surface area contributed by atoms with Crippen LogP contribution in [0.1, 0.15) is 27.9 Å². The van der Waals surface area contributed by atoms with Crippen molar-refractivity contribution < 1.29 is 4.79 Å². The second-order valence-electron chi connectivity index (χ2n) is 5.60. The number of hydrogen-bond acceptors (Lipinski definition) is 3. The number of nitrogens with zero attached hydrogens (tertiary/aromatic N) is 2. The second kappa shape index (κ2) is 4.88. The van der Waals surface area contributed by atoms with E-state index in [0.29, 0.717) is 5.56 Å². The molecule has 2 aliphatic heterocycles. The van der Waals surface area contributed by atoms with Crippen LogP contribution in [0.25, 0.3) is 0 Å². The molecule has 0 saturated carbocycles. The highest BCUT2D eigenvalue weighted by Gasteiger charge is 2.26. The van der Waals surface area contributed by atoms with E-state index in [2.05, 4.69) is 16.4 Å². The van der Waals surface area contributed by atoms with Crippen molar-refractivity contribution in [1.29, 1.82) is 0 Å². The van der Waals surface area contributed by atoms with Gasteiger partial charge in [0.25, 0.3) is 5.91 Å². The Morgan fingerprint density at radius 1 is 1.19 bits per heavy atom. The smallest absolute Gasteiger partial charge is 0.259 e. The standard InChI is InChI=1S/C17H17N3O/c21-17(20-9-7-12-4-1-2-6-15(12)20)14-10-13-5-3-8-18-16(13)19-11-14/h1-2,4,6,10-11H,3,5,7-9H2,(H,18,19). The van der Waals surface area contributed by atoms with Gasteiger partial charge in [-0.2, -0.15) is 0 Å². The Morgan fingerprint density at radius 3 is 3.05 bits per heavy atom. The molecule has 1 aromatic heterocycles. The lowest BCUT2D eigenvalue weighted by Crippen LogP contribution is -2.29. The number of nitrogens with one attached hydrogen (secondary N) is 1. The molecule has 0 radical (unpaired) electrons. The number of pyridine rings is 1. The van der Waals surface area contributed by atoms with Crippen LogP contribution >= 0.6 is 0 Å². The van der Waals surface area contributed by atoms with Crippen molar-refractivity contribution in [2.75, 3.05) is 23.3 Å². The first-order valence-electron chi connectivity index (χ1n) is 7.45. The summed E-state index contributed by atoms with van der Waals surface area (Å²) in [4.78, 5) is 19.0. The van der Waals surface area contributed by atoms with Crippen LogP contribution in [0.15, 0.2) is 36.5 Å². The quantitative estimate of drug-likeness (QED) is 0.873. The molecule has 0 atom stereocenters. The highest BCUT2D eigenvalue weighted by molar-refractivity contribution is 6.07. The van der Waals surface area contributed by atoms with Gasteiger partial charge in [0.2, 0.25) is 0 Å². The Kier molecular flexibility index (Phi) is 2.88. The fraction of sp³-hybridized carbons (Fsp3) is 0.294. The van der Waals surface area contributed by atoms with Crippen LogP contribution in [0.4, 0.5) is 11.5 Å². The molecule has 106 valence electrons. The van der Waals surface area contributed by atoms with Gasteiger partial charge in [0, 0.05) is 25.0 Å². The van der Waals surface area contributed by atoms with Gasteiger partial charge < -0.3 is 10.2 Å². The predicted octanol–water partition coefficient (Wildman–Crippen LogP) is 2.64. The zero-order chi connectivity index (χ0) is 14.2. The molecule has 21 heavy (non-hydrogen) atoms. The summed E-state index contributed by atoms with van der Waals surface area (Å²) in [5.41, 5.74) is 4.13. The van der Waals surface area contributed by atoms with Crippen molar-refractivity contribution in [2.45, 2.75) is 19.3 Å². The Balaban J connectivity index is 1.67. The van der Waals surface area contributed by atoms with Crippen LogP contribution in [0.2, 0.25) is 0 Å². The summed E-state index contributed by atoms with van der Waals surface area (Å²) in [5, 5.41) is 3.28. The molecule has 3 heterocycles. The van der Waals surface area contributed by atoms with Gasteiger partial charge in [-0.1, -0.05) is 18.2 Å². The summed E-state index contributed by atoms with van der Waals surface area (Å²) < 4.78 is 0. The molecule has 1 aromatic carbocycles. The van der Waals surface area contributed by atoms with Crippen LogP contribution < -0.4 is 10.2 Å². The largest absolute Gasteiger partial charge is 0.370 e. The molecule has 2 aliphatic rings. The van der Waals surface area contributed by atoms with E-state index in [-0.39, 0.29) is 5.91 Å². The van der Waals surface area contributed by atoms with E-state index in [1.165, 1.54) is 5.56 Å². The van der Waals surface area contributed by atoms with Crippen LogP contribution in [-0.2, 0) is 12.8 Å². The fourth-order valence-corrected chi connectivity index (χ4v) is 3.17. The minimum Gasteiger partial charge on any atom is -0.370 e. The summed E-state index contributed by atoms with van der Waals surface area (Å²) in [7, 11) is 0. The number of fused-ring (bicyclic) bond motifs is 2. The fourth-order valence-electron chi connectivity index (χ4n) is 3.17. The van der Waals surface area contributed by atoms with Crippen molar-refractivity contribution in [1.82, 2.24) is 4.98 Å². The molecule has 4 heteroatoms. The number of benzene rings is 1. The van der Waals surface area contributed by atoms with E-state index >= 15 is 0 Å². The normalized spacial score (nSPS) is 16.1. The van der Waals surface area contributed by atoms with Crippen molar-refractivity contribution in [3.05, 3.63) is 53.2 Å². The van der Waals surface area contributed by atoms with Crippen LogP contribution in [0, 0.1) is 0 Å². The van der Waals surface area contributed by atoms with Gasteiger partial charge in [-0.05, 0) is 42.5 Å². The lowest BCUT2D eigenvalue weighted by Gasteiger charge is -2.20. The number of carbonyl (C=O) groups excluding carboxylic acids is 1.